The molecule has 1 atom stereocenters. The van der Waals surface area contributed by atoms with Gasteiger partial charge in [-0.1, -0.05) is 30.3 Å². The van der Waals surface area contributed by atoms with Gasteiger partial charge in [0.05, 0.1) is 23.8 Å². The van der Waals surface area contributed by atoms with Gasteiger partial charge in [-0.25, -0.2) is 4.98 Å². The van der Waals surface area contributed by atoms with E-state index in [2.05, 4.69) is 34.9 Å². The second kappa shape index (κ2) is 7.37. The molecule has 0 radical (unpaired) electrons. The largest absolute Gasteiger partial charge is 0.363 e. The molecule has 5 nitrogen and oxygen atoms in total. The lowest BCUT2D eigenvalue weighted by atomic mass is 10.1. The van der Waals surface area contributed by atoms with E-state index >= 15 is 0 Å². The normalized spacial score (nSPS) is 15.7. The summed E-state index contributed by atoms with van der Waals surface area (Å²) < 4.78 is 0. The lowest BCUT2D eigenvalue weighted by Crippen LogP contribution is -2.27. The number of hydrogen-bond acceptors (Lipinski definition) is 4. The van der Waals surface area contributed by atoms with E-state index in [1.165, 1.54) is 11.1 Å². The molecule has 1 amide bonds. The van der Waals surface area contributed by atoms with E-state index in [0.29, 0.717) is 12.6 Å². The number of pyridine rings is 1. The second-order valence-electron chi connectivity index (χ2n) is 7.29. The highest BCUT2D eigenvalue weighted by atomic mass is 16.2. The van der Waals surface area contributed by atoms with E-state index in [0.717, 1.165) is 35.2 Å². The van der Waals surface area contributed by atoms with Crippen molar-refractivity contribution in [2.45, 2.75) is 18.9 Å². The SMILES string of the molecule is CN(C)CC(=O)Nc1cccc2nc(NC3CCc4ccccc43)ccc12. The van der Waals surface area contributed by atoms with Crippen LogP contribution in [0, 0.1) is 0 Å². The maximum absolute atomic E-state index is 12.1. The fourth-order valence-corrected chi connectivity index (χ4v) is 3.71. The predicted molar refractivity (Wildman–Crippen MR) is 110 cm³/mol. The summed E-state index contributed by atoms with van der Waals surface area (Å²) in [6.45, 7) is 0.352. The van der Waals surface area contributed by atoms with Gasteiger partial charge in [-0.15, -0.1) is 0 Å². The van der Waals surface area contributed by atoms with Crippen LogP contribution in [-0.2, 0) is 11.2 Å². The van der Waals surface area contributed by atoms with E-state index in [-0.39, 0.29) is 5.91 Å². The quantitative estimate of drug-likeness (QED) is 0.726. The number of amides is 1. The Labute approximate surface area is 159 Å². The van der Waals surface area contributed by atoms with E-state index < -0.39 is 0 Å². The molecule has 0 fully saturated rings. The zero-order valence-corrected chi connectivity index (χ0v) is 15.7. The first kappa shape index (κ1) is 17.5. The maximum Gasteiger partial charge on any atom is 0.238 e. The second-order valence-corrected chi connectivity index (χ2v) is 7.29. The van der Waals surface area contributed by atoms with Gasteiger partial charge < -0.3 is 15.5 Å². The van der Waals surface area contributed by atoms with Crippen molar-refractivity contribution in [2.24, 2.45) is 0 Å². The van der Waals surface area contributed by atoms with E-state index in [4.69, 9.17) is 4.98 Å². The zero-order chi connectivity index (χ0) is 18.8. The Bertz CT molecular complexity index is 983. The topological polar surface area (TPSA) is 57.3 Å². The van der Waals surface area contributed by atoms with Crippen LogP contribution in [0.15, 0.2) is 54.6 Å². The standard InChI is InChI=1S/C22H24N4O/c1-26(2)14-22(27)25-19-9-5-8-18-17(19)11-13-21(23-18)24-20-12-10-15-6-3-4-7-16(15)20/h3-9,11,13,20H,10,12,14H2,1-2H3,(H,23,24)(H,25,27). The van der Waals surface area contributed by atoms with Crippen LogP contribution in [0.25, 0.3) is 10.9 Å². The Morgan fingerprint density at radius 3 is 2.81 bits per heavy atom. The van der Waals surface area contributed by atoms with Crippen molar-refractivity contribution in [2.75, 3.05) is 31.3 Å². The van der Waals surface area contributed by atoms with Crippen molar-refractivity contribution in [3.63, 3.8) is 0 Å². The Balaban J connectivity index is 1.56. The summed E-state index contributed by atoms with van der Waals surface area (Å²) in [7, 11) is 3.76. The minimum Gasteiger partial charge on any atom is -0.363 e. The van der Waals surface area contributed by atoms with Crippen LogP contribution >= 0.6 is 0 Å². The van der Waals surface area contributed by atoms with Crippen molar-refractivity contribution >= 4 is 28.3 Å². The molecular formula is C22H24N4O. The smallest absolute Gasteiger partial charge is 0.238 e. The number of aromatic nitrogens is 1. The number of aryl methyl sites for hydroxylation is 1. The highest BCUT2D eigenvalue weighted by Crippen LogP contribution is 2.34. The summed E-state index contributed by atoms with van der Waals surface area (Å²) in [5.74, 6) is 0.832. The molecule has 1 aromatic heterocycles. The third-order valence-electron chi connectivity index (χ3n) is 4.92. The number of nitrogens with one attached hydrogen (secondary N) is 2. The van der Waals surface area contributed by atoms with Crippen LogP contribution in [0.1, 0.15) is 23.6 Å². The van der Waals surface area contributed by atoms with Crippen LogP contribution in [-0.4, -0.2) is 36.4 Å². The number of carbonyl (C=O) groups is 1. The highest BCUT2D eigenvalue weighted by Gasteiger charge is 2.22. The highest BCUT2D eigenvalue weighted by molar-refractivity contribution is 6.02. The van der Waals surface area contributed by atoms with Crippen molar-refractivity contribution in [1.82, 2.24) is 9.88 Å². The molecule has 1 unspecified atom stereocenters. The molecule has 1 aliphatic rings. The average Bonchev–Trinajstić information content (AvgIpc) is 3.04. The van der Waals surface area contributed by atoms with Crippen LogP contribution in [0.5, 0.6) is 0 Å². The number of carbonyl (C=O) groups excluding carboxylic acids is 1. The molecule has 1 aliphatic carbocycles. The number of hydrogen-bond donors (Lipinski definition) is 2. The first-order valence-electron chi connectivity index (χ1n) is 9.29. The number of benzene rings is 2. The lowest BCUT2D eigenvalue weighted by Gasteiger charge is -2.16. The van der Waals surface area contributed by atoms with Gasteiger partial charge in [0.2, 0.25) is 5.91 Å². The molecule has 27 heavy (non-hydrogen) atoms. The molecule has 0 aliphatic heterocycles. The molecule has 3 aromatic rings. The van der Waals surface area contributed by atoms with Gasteiger partial charge in [-0.05, 0) is 62.3 Å². The minimum atomic E-state index is -0.0303. The van der Waals surface area contributed by atoms with E-state index in [1.807, 2.05) is 49.3 Å². The number of fused-ring (bicyclic) bond motifs is 2. The summed E-state index contributed by atoms with van der Waals surface area (Å²) in [5, 5.41) is 7.50. The molecule has 4 rings (SSSR count). The van der Waals surface area contributed by atoms with Gasteiger partial charge in [0, 0.05) is 5.39 Å². The van der Waals surface area contributed by atoms with Gasteiger partial charge in [-0.3, -0.25) is 4.79 Å². The molecule has 2 aromatic carbocycles. The number of anilines is 2. The Kier molecular flexibility index (Phi) is 4.77. The number of nitrogens with zero attached hydrogens (tertiary/aromatic N) is 2. The van der Waals surface area contributed by atoms with Crippen molar-refractivity contribution in [3.05, 3.63) is 65.7 Å². The van der Waals surface area contributed by atoms with Gasteiger partial charge in [0.25, 0.3) is 0 Å². The summed E-state index contributed by atoms with van der Waals surface area (Å²) in [5.41, 5.74) is 4.45. The minimum absolute atomic E-state index is 0.0303. The Morgan fingerprint density at radius 2 is 1.96 bits per heavy atom. The fraction of sp³-hybridized carbons (Fsp3) is 0.273. The molecular weight excluding hydrogens is 336 g/mol. The van der Waals surface area contributed by atoms with Gasteiger partial charge in [0.1, 0.15) is 5.82 Å². The molecule has 1 heterocycles. The van der Waals surface area contributed by atoms with Crippen molar-refractivity contribution in [3.8, 4) is 0 Å². The molecule has 0 spiro atoms. The van der Waals surface area contributed by atoms with Crippen molar-refractivity contribution < 1.29 is 4.79 Å². The Morgan fingerprint density at radius 1 is 1.11 bits per heavy atom. The van der Waals surface area contributed by atoms with Gasteiger partial charge in [-0.2, -0.15) is 0 Å². The van der Waals surface area contributed by atoms with E-state index in [1.54, 1.807) is 0 Å². The first-order chi connectivity index (χ1) is 13.1. The molecule has 0 saturated carbocycles. The third kappa shape index (κ3) is 3.78. The summed E-state index contributed by atoms with van der Waals surface area (Å²) in [6, 6.07) is 18.7. The van der Waals surface area contributed by atoms with Crippen LogP contribution in [0.2, 0.25) is 0 Å². The fourth-order valence-electron chi connectivity index (χ4n) is 3.71. The summed E-state index contributed by atoms with van der Waals surface area (Å²) in [4.78, 5) is 18.7. The van der Waals surface area contributed by atoms with Crippen molar-refractivity contribution in [1.29, 1.82) is 0 Å². The number of likely N-dealkylation sites (N-methyl/N-ethyl adjacent to an activating group) is 1. The van der Waals surface area contributed by atoms with Gasteiger partial charge in [0.15, 0.2) is 0 Å². The summed E-state index contributed by atoms with van der Waals surface area (Å²) in [6.07, 6.45) is 2.18. The molecule has 0 bridgehead atoms. The molecule has 0 saturated heterocycles. The Hall–Kier alpha value is -2.92. The first-order valence-corrected chi connectivity index (χ1v) is 9.29. The monoisotopic (exact) mass is 360 g/mol. The van der Waals surface area contributed by atoms with Crippen LogP contribution in [0.3, 0.4) is 0 Å². The maximum atomic E-state index is 12.1. The van der Waals surface area contributed by atoms with E-state index in [9.17, 15) is 4.79 Å². The molecule has 138 valence electrons. The van der Waals surface area contributed by atoms with Gasteiger partial charge >= 0.3 is 0 Å². The molecule has 5 heteroatoms. The third-order valence-corrected chi connectivity index (χ3v) is 4.92. The van der Waals surface area contributed by atoms with Crippen LogP contribution < -0.4 is 10.6 Å². The van der Waals surface area contributed by atoms with Crippen LogP contribution in [0.4, 0.5) is 11.5 Å². The zero-order valence-electron chi connectivity index (χ0n) is 15.7. The summed E-state index contributed by atoms with van der Waals surface area (Å²) >= 11 is 0. The average molecular weight is 360 g/mol. The molecule has 2 N–H and O–H groups in total. The number of rotatable bonds is 5. The lowest BCUT2D eigenvalue weighted by molar-refractivity contribution is -0.116. The predicted octanol–water partition coefficient (Wildman–Crippen LogP) is 3.83.